The molecule has 312 valence electrons. The lowest BCUT2D eigenvalue weighted by Crippen LogP contribution is -2.63. The first kappa shape index (κ1) is 44.9. The summed E-state index contributed by atoms with van der Waals surface area (Å²) in [6, 6.07) is 0.433. The van der Waals surface area contributed by atoms with E-state index in [2.05, 4.69) is 32.8 Å². The van der Waals surface area contributed by atoms with Crippen molar-refractivity contribution in [3.63, 3.8) is 0 Å². The number of rotatable bonds is 17. The molecule has 0 radical (unpaired) electrons. The van der Waals surface area contributed by atoms with Crippen molar-refractivity contribution in [1.82, 2.24) is 35.5 Å². The molecule has 14 nitrogen and oxygen atoms in total. The van der Waals surface area contributed by atoms with E-state index < -0.39 is 68.6 Å². The van der Waals surface area contributed by atoms with E-state index in [1.54, 1.807) is 17.0 Å². The van der Waals surface area contributed by atoms with Crippen LogP contribution in [0.5, 0.6) is 0 Å². The second-order valence-electron chi connectivity index (χ2n) is 17.8. The third-order valence-electron chi connectivity index (χ3n) is 12.2. The number of carbonyl (C=O) groups is 5. The van der Waals surface area contributed by atoms with Gasteiger partial charge in [0.15, 0.2) is 5.03 Å². The molecule has 5 atom stereocenters. The van der Waals surface area contributed by atoms with Crippen LogP contribution < -0.4 is 21.3 Å². The molecule has 0 aromatic carbocycles. The van der Waals surface area contributed by atoms with Gasteiger partial charge in [-0.25, -0.2) is 18.2 Å². The first-order valence-electron chi connectivity index (χ1n) is 20.3. The van der Waals surface area contributed by atoms with Gasteiger partial charge >= 0.3 is 6.03 Å². The van der Waals surface area contributed by atoms with E-state index in [0.717, 1.165) is 38.5 Å². The molecule has 5 amide bonds. The number of nitrogens with one attached hydrogen (secondary N) is 4. The number of pyridine rings is 1. The van der Waals surface area contributed by atoms with E-state index in [1.807, 2.05) is 41.5 Å². The Balaban J connectivity index is 1.60. The highest BCUT2D eigenvalue weighted by Gasteiger charge is 2.50. The van der Waals surface area contributed by atoms with Crippen LogP contribution in [0.15, 0.2) is 42.1 Å². The van der Waals surface area contributed by atoms with Gasteiger partial charge in [0, 0.05) is 38.9 Å². The third-order valence-corrected chi connectivity index (χ3v) is 14.0. The summed E-state index contributed by atoms with van der Waals surface area (Å²) in [7, 11) is -2.51. The van der Waals surface area contributed by atoms with Crippen LogP contribution >= 0.6 is 0 Å². The quantitative estimate of drug-likeness (QED) is 0.134. The summed E-state index contributed by atoms with van der Waals surface area (Å²) in [5.41, 5.74) is -1.20. The van der Waals surface area contributed by atoms with Gasteiger partial charge in [0.25, 0.3) is 15.9 Å². The SMILES string of the molecule is C=CCNC(=O)C(=O)C(CC1CCC1)NC(=O)[C@@H]1[C@@H](C(C)C)CCN1C(=O)[C@@H](NC(=O)N[C@H](CN(C)S(=O)(=O)c1ccccn1)C(C)(C)C)C1(C)CCCCC1. The molecule has 3 aliphatic rings. The van der Waals surface area contributed by atoms with Crippen molar-refractivity contribution in [2.45, 2.75) is 135 Å². The smallest absolute Gasteiger partial charge is 0.315 e. The van der Waals surface area contributed by atoms with E-state index in [1.165, 1.54) is 29.7 Å². The molecule has 2 aliphatic carbocycles. The average Bonchev–Trinajstić information content (AvgIpc) is 3.59. The molecule has 4 N–H and O–H groups in total. The highest BCUT2D eigenvalue weighted by Crippen LogP contribution is 2.41. The van der Waals surface area contributed by atoms with Crippen LogP contribution in [0, 0.1) is 28.6 Å². The number of nitrogens with zero attached hydrogens (tertiary/aromatic N) is 3. The molecule has 1 aliphatic heterocycles. The number of likely N-dealkylation sites (tertiary alicyclic amines) is 1. The maximum atomic E-state index is 15.0. The molecule has 1 aromatic rings. The lowest BCUT2D eigenvalue weighted by molar-refractivity contribution is -0.145. The number of hydrogen-bond donors (Lipinski definition) is 4. The third kappa shape index (κ3) is 11.0. The highest BCUT2D eigenvalue weighted by molar-refractivity contribution is 7.89. The van der Waals surface area contributed by atoms with E-state index in [0.29, 0.717) is 25.7 Å². The summed E-state index contributed by atoms with van der Waals surface area (Å²) in [5, 5.41) is 11.4. The maximum Gasteiger partial charge on any atom is 0.315 e. The number of aromatic nitrogens is 1. The second kappa shape index (κ2) is 19.1. The van der Waals surface area contributed by atoms with Crippen LogP contribution in [-0.4, -0.2) is 103 Å². The predicted molar refractivity (Wildman–Crippen MR) is 214 cm³/mol. The maximum absolute atomic E-state index is 15.0. The van der Waals surface area contributed by atoms with Crippen molar-refractivity contribution in [2.75, 3.05) is 26.7 Å². The molecule has 56 heavy (non-hydrogen) atoms. The van der Waals surface area contributed by atoms with E-state index in [-0.39, 0.29) is 48.3 Å². The molecule has 2 heterocycles. The number of carbonyl (C=O) groups excluding carboxylic acids is 5. The minimum absolute atomic E-state index is 0.0205. The highest BCUT2D eigenvalue weighted by atomic mass is 32.2. The molecule has 15 heteroatoms. The monoisotopic (exact) mass is 799 g/mol. The standard InChI is InChI=1S/C41H65N7O7S/c1-9-22-43-37(51)34(49)30(25-28-16-15-17-28)44-36(50)33-29(27(2)3)19-24-48(33)38(52)35(41(7)20-12-10-13-21-41)46-39(53)45-31(40(4,5)6)26-47(8)56(54,55)32-18-11-14-23-42-32/h9,11,14,18,23,27-31,33,35H,1,10,12-13,15-17,19-22,24-26H2,2-8H3,(H,43,51)(H,44,50)(H2,45,46,53)/t29-,30?,31-,33+,35-/m1/s1. The molecule has 0 spiro atoms. The van der Waals surface area contributed by atoms with Crippen LogP contribution in [0.4, 0.5) is 4.79 Å². The summed E-state index contributed by atoms with van der Waals surface area (Å²) < 4.78 is 27.9. The van der Waals surface area contributed by atoms with Gasteiger partial charge in [-0.1, -0.05) is 92.2 Å². The minimum Gasteiger partial charge on any atom is -0.346 e. The number of Topliss-reactive ketones (excluding diaryl/α,β-unsaturated/α-hetero) is 1. The lowest BCUT2D eigenvalue weighted by atomic mass is 9.70. The van der Waals surface area contributed by atoms with Gasteiger partial charge in [0.2, 0.25) is 17.6 Å². The molecule has 2 saturated carbocycles. The topological polar surface area (TPSA) is 187 Å². The molecule has 1 unspecified atom stereocenters. The van der Waals surface area contributed by atoms with Crippen molar-refractivity contribution in [3.05, 3.63) is 37.1 Å². The van der Waals surface area contributed by atoms with E-state index in [4.69, 9.17) is 0 Å². The minimum atomic E-state index is -3.96. The summed E-state index contributed by atoms with van der Waals surface area (Å²) >= 11 is 0. The van der Waals surface area contributed by atoms with Crippen molar-refractivity contribution >= 4 is 39.6 Å². The van der Waals surface area contributed by atoms with E-state index in [9.17, 15) is 32.4 Å². The van der Waals surface area contributed by atoms with Gasteiger partial charge < -0.3 is 26.2 Å². The van der Waals surface area contributed by atoms with Gasteiger partial charge in [-0.05, 0) is 66.4 Å². The number of hydrogen-bond acceptors (Lipinski definition) is 8. The summed E-state index contributed by atoms with van der Waals surface area (Å²) in [5.74, 6) is -2.35. The first-order valence-corrected chi connectivity index (χ1v) is 21.7. The summed E-state index contributed by atoms with van der Waals surface area (Å²) in [6.45, 7) is 15.7. The Morgan fingerprint density at radius 2 is 1.70 bits per heavy atom. The normalized spacial score (nSPS) is 21.7. The number of sulfonamides is 1. The zero-order valence-electron chi connectivity index (χ0n) is 34.4. The van der Waals surface area contributed by atoms with Gasteiger partial charge in [-0.2, -0.15) is 4.31 Å². The Hall–Kier alpha value is -3.85. The summed E-state index contributed by atoms with van der Waals surface area (Å²) in [6.07, 6.45) is 10.8. The fourth-order valence-corrected chi connectivity index (χ4v) is 9.40. The Bertz CT molecular complexity index is 1670. The molecule has 4 rings (SSSR count). The fraction of sp³-hybridized carbons (Fsp3) is 0.707. The number of likely N-dealkylation sites (N-methyl/N-ethyl adjacent to an activating group) is 1. The van der Waals surface area contributed by atoms with Crippen molar-refractivity contribution in [1.29, 1.82) is 0 Å². The first-order chi connectivity index (χ1) is 26.3. The zero-order chi connectivity index (χ0) is 41.4. The Morgan fingerprint density at radius 3 is 2.25 bits per heavy atom. The van der Waals surface area contributed by atoms with Crippen molar-refractivity contribution in [3.8, 4) is 0 Å². The largest absolute Gasteiger partial charge is 0.346 e. The molecule has 1 saturated heterocycles. The zero-order valence-corrected chi connectivity index (χ0v) is 35.3. The van der Waals surface area contributed by atoms with Crippen LogP contribution in [-0.2, 0) is 29.2 Å². The fourth-order valence-electron chi connectivity index (χ4n) is 8.29. The Labute approximate surface area is 333 Å². The van der Waals surface area contributed by atoms with Crippen LogP contribution in [0.1, 0.15) is 106 Å². The number of urea groups is 1. The van der Waals surface area contributed by atoms with Gasteiger partial charge in [0.05, 0.1) is 6.04 Å². The lowest BCUT2D eigenvalue weighted by Gasteiger charge is -2.43. The average molecular weight is 800 g/mol. The summed E-state index contributed by atoms with van der Waals surface area (Å²) in [4.78, 5) is 75.2. The Kier molecular flexibility index (Phi) is 15.3. The van der Waals surface area contributed by atoms with Crippen LogP contribution in [0.25, 0.3) is 0 Å². The van der Waals surface area contributed by atoms with Gasteiger partial charge in [-0.3, -0.25) is 19.2 Å². The second-order valence-corrected chi connectivity index (χ2v) is 19.8. The number of ketones is 1. The van der Waals surface area contributed by atoms with Crippen LogP contribution in [0.2, 0.25) is 0 Å². The predicted octanol–water partition coefficient (Wildman–Crippen LogP) is 4.17. The number of amides is 5. The van der Waals surface area contributed by atoms with Gasteiger partial charge in [-0.15, -0.1) is 6.58 Å². The molecule has 0 bridgehead atoms. The van der Waals surface area contributed by atoms with E-state index >= 15 is 0 Å². The molecule has 3 fully saturated rings. The molecular weight excluding hydrogens is 735 g/mol. The van der Waals surface area contributed by atoms with Crippen LogP contribution in [0.3, 0.4) is 0 Å². The van der Waals surface area contributed by atoms with Crippen molar-refractivity contribution < 1.29 is 32.4 Å². The van der Waals surface area contributed by atoms with Crippen molar-refractivity contribution in [2.24, 2.45) is 28.6 Å². The molecule has 1 aromatic heterocycles. The molecular formula is C41H65N7O7S. The van der Waals surface area contributed by atoms with Gasteiger partial charge in [0.1, 0.15) is 12.1 Å². The Morgan fingerprint density at radius 1 is 1.02 bits per heavy atom.